The van der Waals surface area contributed by atoms with Gasteiger partial charge in [0.2, 0.25) is 0 Å². The lowest BCUT2D eigenvalue weighted by molar-refractivity contribution is -0.145. The highest BCUT2D eigenvalue weighted by atomic mass is 35.6. The molecule has 68 valence electrons. The van der Waals surface area contributed by atoms with E-state index in [1.54, 1.807) is 6.08 Å². The Labute approximate surface area is 85.4 Å². The van der Waals surface area contributed by atoms with Gasteiger partial charge in [-0.2, -0.15) is 0 Å². The van der Waals surface area contributed by atoms with Gasteiger partial charge in [0.1, 0.15) is 6.10 Å². The first kappa shape index (κ1) is 10.2. The quantitative estimate of drug-likeness (QED) is 0.392. The Bertz CT molecular complexity index is 207. The number of rotatable bonds is 1. The van der Waals surface area contributed by atoms with Crippen molar-refractivity contribution in [2.45, 2.75) is 22.7 Å². The minimum absolute atomic E-state index is 0.229. The van der Waals surface area contributed by atoms with E-state index in [-0.39, 0.29) is 6.10 Å². The van der Waals surface area contributed by atoms with Gasteiger partial charge in [0.15, 0.2) is 0 Å². The third-order valence-corrected chi connectivity index (χ3v) is 1.92. The molecule has 0 fully saturated rings. The van der Waals surface area contributed by atoms with Crippen LogP contribution in [0, 0.1) is 0 Å². The van der Waals surface area contributed by atoms with Gasteiger partial charge in [-0.15, -0.1) is 0 Å². The zero-order valence-corrected chi connectivity index (χ0v) is 8.36. The molecule has 0 saturated heterocycles. The Hall–Kier alpha value is 0.0800. The monoisotopic (exact) mass is 228 g/mol. The maximum atomic E-state index is 11.0. The zero-order chi connectivity index (χ0) is 9.19. The van der Waals surface area contributed by atoms with E-state index in [1.165, 1.54) is 0 Å². The Balaban J connectivity index is 2.41. The maximum absolute atomic E-state index is 11.0. The average molecular weight is 229 g/mol. The summed E-state index contributed by atoms with van der Waals surface area (Å²) in [5, 5.41) is 0. The summed E-state index contributed by atoms with van der Waals surface area (Å²) in [6.07, 6.45) is 5.16. The summed E-state index contributed by atoms with van der Waals surface area (Å²) in [5.41, 5.74) is 0. The first-order valence-corrected chi connectivity index (χ1v) is 4.58. The minimum Gasteiger partial charge on any atom is -0.455 e. The van der Waals surface area contributed by atoms with Crippen LogP contribution in [0.1, 0.15) is 12.8 Å². The molecule has 0 heterocycles. The van der Waals surface area contributed by atoms with Gasteiger partial charge in [0, 0.05) is 0 Å². The van der Waals surface area contributed by atoms with Crippen LogP contribution in [0.5, 0.6) is 0 Å². The van der Waals surface area contributed by atoms with Crippen LogP contribution in [0.4, 0.5) is 0 Å². The van der Waals surface area contributed by atoms with Crippen LogP contribution in [0.25, 0.3) is 0 Å². The van der Waals surface area contributed by atoms with Crippen LogP contribution < -0.4 is 0 Å². The molecule has 0 saturated carbocycles. The normalized spacial score (nSPS) is 22.8. The van der Waals surface area contributed by atoms with Gasteiger partial charge in [-0.05, 0) is 18.9 Å². The van der Waals surface area contributed by atoms with E-state index in [4.69, 9.17) is 39.5 Å². The molecule has 1 unspecified atom stereocenters. The van der Waals surface area contributed by atoms with E-state index < -0.39 is 9.76 Å². The van der Waals surface area contributed by atoms with Crippen LogP contribution in [0.2, 0.25) is 0 Å². The molecule has 0 aromatic carbocycles. The van der Waals surface area contributed by atoms with E-state index in [1.807, 2.05) is 6.08 Å². The summed E-state index contributed by atoms with van der Waals surface area (Å²) in [4.78, 5) is 11.0. The highest BCUT2D eigenvalue weighted by Crippen LogP contribution is 2.29. The van der Waals surface area contributed by atoms with Gasteiger partial charge in [-0.3, -0.25) is 0 Å². The van der Waals surface area contributed by atoms with Gasteiger partial charge >= 0.3 is 5.97 Å². The molecule has 0 bridgehead atoms. The van der Waals surface area contributed by atoms with Gasteiger partial charge in [0.05, 0.1) is 0 Å². The van der Waals surface area contributed by atoms with E-state index in [0.717, 1.165) is 12.8 Å². The third kappa shape index (κ3) is 2.85. The number of carbonyl (C=O) groups excluding carboxylic acids is 1. The van der Waals surface area contributed by atoms with E-state index in [0.29, 0.717) is 0 Å². The van der Waals surface area contributed by atoms with Crippen molar-refractivity contribution in [1.29, 1.82) is 0 Å². The largest absolute Gasteiger partial charge is 0.455 e. The fourth-order valence-corrected chi connectivity index (χ4v) is 1.04. The number of halogens is 3. The number of carbonyl (C=O) groups is 1. The number of allylic oxidation sites excluding steroid dienone is 1. The van der Waals surface area contributed by atoms with Gasteiger partial charge in [-0.1, -0.05) is 40.9 Å². The first-order chi connectivity index (χ1) is 5.50. The number of esters is 1. The van der Waals surface area contributed by atoms with Crippen molar-refractivity contribution in [2.75, 3.05) is 0 Å². The average Bonchev–Trinajstić information content (AvgIpc) is 2.37. The molecule has 0 amide bonds. The highest BCUT2D eigenvalue weighted by Gasteiger charge is 2.34. The summed E-state index contributed by atoms with van der Waals surface area (Å²) < 4.78 is 2.89. The van der Waals surface area contributed by atoms with E-state index >= 15 is 0 Å². The lowest BCUT2D eigenvalue weighted by Crippen LogP contribution is -2.25. The molecule has 1 atom stereocenters. The molecule has 12 heavy (non-hydrogen) atoms. The van der Waals surface area contributed by atoms with E-state index in [2.05, 4.69) is 0 Å². The molecule has 0 N–H and O–H groups in total. The van der Waals surface area contributed by atoms with E-state index in [9.17, 15) is 4.79 Å². The van der Waals surface area contributed by atoms with Crippen molar-refractivity contribution >= 4 is 40.8 Å². The van der Waals surface area contributed by atoms with Crippen molar-refractivity contribution < 1.29 is 9.53 Å². The smallest absolute Gasteiger partial charge is 0.359 e. The molecule has 2 nitrogen and oxygen atoms in total. The summed E-state index contributed by atoms with van der Waals surface area (Å²) in [6, 6.07) is 0. The van der Waals surface area contributed by atoms with Crippen LogP contribution in [0.15, 0.2) is 12.2 Å². The Morgan fingerprint density at radius 1 is 1.50 bits per heavy atom. The second-order valence-corrected chi connectivity index (χ2v) is 4.73. The van der Waals surface area contributed by atoms with Crippen molar-refractivity contribution in [3.63, 3.8) is 0 Å². The van der Waals surface area contributed by atoms with Crippen molar-refractivity contribution in [3.05, 3.63) is 12.2 Å². The first-order valence-electron chi connectivity index (χ1n) is 3.44. The van der Waals surface area contributed by atoms with Crippen LogP contribution in [-0.2, 0) is 9.53 Å². The molecular formula is C7H7Cl3O2. The van der Waals surface area contributed by atoms with Crippen molar-refractivity contribution in [1.82, 2.24) is 0 Å². The number of hydrogen-bond acceptors (Lipinski definition) is 2. The standard InChI is InChI=1S/C7H7Cl3O2/c8-7(9,10)6(11)12-5-3-1-2-4-5/h1,3,5H,2,4H2. The third-order valence-electron chi connectivity index (χ3n) is 1.46. The molecule has 1 rings (SSSR count). The molecule has 1 aliphatic rings. The lowest BCUT2D eigenvalue weighted by Gasteiger charge is -2.14. The fraction of sp³-hybridized carbons (Fsp3) is 0.571. The Morgan fingerprint density at radius 3 is 2.58 bits per heavy atom. The second-order valence-electron chi connectivity index (χ2n) is 2.45. The van der Waals surface area contributed by atoms with Gasteiger partial charge < -0.3 is 4.74 Å². The lowest BCUT2D eigenvalue weighted by atomic mass is 10.3. The van der Waals surface area contributed by atoms with Gasteiger partial charge in [-0.25, -0.2) is 4.79 Å². The predicted octanol–water partition coefficient (Wildman–Crippen LogP) is 2.62. The predicted molar refractivity (Wildman–Crippen MR) is 48.5 cm³/mol. The molecule has 0 aromatic rings. The molecule has 0 aromatic heterocycles. The molecule has 1 aliphatic carbocycles. The summed E-state index contributed by atoms with van der Waals surface area (Å²) in [5.74, 6) is -0.816. The summed E-state index contributed by atoms with van der Waals surface area (Å²) in [6.45, 7) is 0. The maximum Gasteiger partial charge on any atom is 0.359 e. The van der Waals surface area contributed by atoms with Crippen LogP contribution in [0.3, 0.4) is 0 Å². The van der Waals surface area contributed by atoms with Crippen LogP contribution in [-0.4, -0.2) is 15.9 Å². The second kappa shape index (κ2) is 3.86. The minimum atomic E-state index is -1.96. The molecule has 0 aliphatic heterocycles. The highest BCUT2D eigenvalue weighted by molar-refractivity contribution is 6.75. The number of ether oxygens (including phenoxy) is 1. The fourth-order valence-electron chi connectivity index (χ4n) is 0.907. The summed E-state index contributed by atoms with van der Waals surface area (Å²) >= 11 is 15.9. The topological polar surface area (TPSA) is 26.3 Å². The van der Waals surface area contributed by atoms with Gasteiger partial charge in [0.25, 0.3) is 3.79 Å². The molecule has 0 spiro atoms. The SMILES string of the molecule is O=C(OC1C=CCC1)C(Cl)(Cl)Cl. The summed E-state index contributed by atoms with van der Waals surface area (Å²) in [7, 11) is 0. The Kier molecular flexibility index (Phi) is 3.27. The molecular weight excluding hydrogens is 222 g/mol. The molecule has 5 heteroatoms. The van der Waals surface area contributed by atoms with Crippen molar-refractivity contribution in [3.8, 4) is 0 Å². The zero-order valence-electron chi connectivity index (χ0n) is 6.10. The number of hydrogen-bond donors (Lipinski definition) is 0. The number of alkyl halides is 3. The Morgan fingerprint density at radius 2 is 2.17 bits per heavy atom. The van der Waals surface area contributed by atoms with Crippen LogP contribution >= 0.6 is 34.8 Å². The van der Waals surface area contributed by atoms with Crippen molar-refractivity contribution in [2.24, 2.45) is 0 Å². The molecule has 0 radical (unpaired) electrons.